The SMILES string of the molecule is Cc1ccc(-c2nc(C)c(C(=O)N3CCNCC3c3nccn3C)s2)o1.Cl.Cl. The molecule has 10 heteroatoms. The van der Waals surface area contributed by atoms with Crippen LogP contribution in [0.25, 0.3) is 10.8 Å². The lowest BCUT2D eigenvalue weighted by Gasteiger charge is -2.35. The molecule has 0 bridgehead atoms. The lowest BCUT2D eigenvalue weighted by molar-refractivity contribution is 0.0625. The number of hydrogen-bond acceptors (Lipinski definition) is 6. The third-order valence-corrected chi connectivity index (χ3v) is 5.76. The topological polar surface area (TPSA) is 76.2 Å². The minimum Gasteiger partial charge on any atom is -0.459 e. The van der Waals surface area contributed by atoms with E-state index in [1.807, 2.05) is 48.7 Å². The monoisotopic (exact) mass is 443 g/mol. The molecule has 1 aliphatic rings. The molecular weight excluding hydrogens is 421 g/mol. The zero-order chi connectivity index (χ0) is 18.3. The smallest absolute Gasteiger partial charge is 0.266 e. The van der Waals surface area contributed by atoms with Crippen LogP contribution in [0.15, 0.2) is 28.9 Å². The Morgan fingerprint density at radius 3 is 2.75 bits per heavy atom. The van der Waals surface area contributed by atoms with Gasteiger partial charge in [-0.1, -0.05) is 0 Å². The van der Waals surface area contributed by atoms with Gasteiger partial charge in [-0.15, -0.1) is 36.2 Å². The van der Waals surface area contributed by atoms with Gasteiger partial charge in [0.2, 0.25) is 0 Å². The maximum absolute atomic E-state index is 13.3. The van der Waals surface area contributed by atoms with Crippen molar-refractivity contribution in [3.05, 3.63) is 46.7 Å². The number of halogens is 2. The van der Waals surface area contributed by atoms with Crippen molar-refractivity contribution < 1.29 is 9.21 Å². The van der Waals surface area contributed by atoms with Crippen LogP contribution < -0.4 is 5.32 Å². The van der Waals surface area contributed by atoms with Crippen LogP contribution in [0.2, 0.25) is 0 Å². The standard InChI is InChI=1S/C18H21N5O2S.2ClH/c1-11-4-5-14(25-11)17-21-12(2)15(26-17)18(24)23-9-6-19-10-13(23)16-20-7-8-22(16)3;;/h4-5,7-8,13,19H,6,9-10H2,1-3H3;2*1H. The summed E-state index contributed by atoms with van der Waals surface area (Å²) in [5.41, 5.74) is 0.737. The number of carbonyl (C=O) groups excluding carboxylic acids is 1. The van der Waals surface area contributed by atoms with Crippen molar-refractivity contribution >= 4 is 42.1 Å². The Bertz CT molecular complexity index is 952. The highest BCUT2D eigenvalue weighted by Gasteiger charge is 2.33. The van der Waals surface area contributed by atoms with Gasteiger partial charge < -0.3 is 19.2 Å². The Labute approximate surface area is 180 Å². The van der Waals surface area contributed by atoms with E-state index in [0.29, 0.717) is 23.7 Å². The molecule has 1 fully saturated rings. The lowest BCUT2D eigenvalue weighted by atomic mass is 10.1. The number of imidazole rings is 1. The highest BCUT2D eigenvalue weighted by atomic mass is 35.5. The first kappa shape index (κ1) is 22.4. The van der Waals surface area contributed by atoms with Crippen molar-refractivity contribution in [2.45, 2.75) is 19.9 Å². The number of piperazine rings is 1. The molecule has 0 saturated carbocycles. The van der Waals surface area contributed by atoms with Crippen molar-refractivity contribution in [2.24, 2.45) is 7.05 Å². The summed E-state index contributed by atoms with van der Waals surface area (Å²) in [6.45, 7) is 5.88. The van der Waals surface area contributed by atoms with E-state index in [1.54, 1.807) is 6.20 Å². The van der Waals surface area contributed by atoms with Gasteiger partial charge in [0.15, 0.2) is 10.8 Å². The van der Waals surface area contributed by atoms with E-state index >= 15 is 0 Å². The predicted octanol–water partition coefficient (Wildman–Crippen LogP) is 3.38. The summed E-state index contributed by atoms with van der Waals surface area (Å²) in [7, 11) is 1.95. The number of rotatable bonds is 3. The second-order valence-electron chi connectivity index (χ2n) is 6.46. The third-order valence-electron chi connectivity index (χ3n) is 4.60. The fourth-order valence-corrected chi connectivity index (χ4v) is 4.24. The van der Waals surface area contributed by atoms with Crippen molar-refractivity contribution in [1.82, 2.24) is 24.8 Å². The summed E-state index contributed by atoms with van der Waals surface area (Å²) in [6, 6.07) is 3.71. The summed E-state index contributed by atoms with van der Waals surface area (Å²) < 4.78 is 7.63. The fourth-order valence-electron chi connectivity index (χ4n) is 3.26. The average Bonchev–Trinajstić information content (AvgIpc) is 3.34. The van der Waals surface area contributed by atoms with Crippen LogP contribution in [-0.2, 0) is 7.05 Å². The molecule has 0 aromatic carbocycles. The highest BCUT2D eigenvalue weighted by molar-refractivity contribution is 7.17. The van der Waals surface area contributed by atoms with Gasteiger partial charge in [-0.05, 0) is 26.0 Å². The average molecular weight is 444 g/mol. The zero-order valence-corrected chi connectivity index (χ0v) is 18.3. The molecule has 1 unspecified atom stereocenters. The van der Waals surface area contributed by atoms with Crippen LogP contribution in [-0.4, -0.2) is 45.0 Å². The van der Waals surface area contributed by atoms with Crippen molar-refractivity contribution in [1.29, 1.82) is 0 Å². The van der Waals surface area contributed by atoms with E-state index in [2.05, 4.69) is 15.3 Å². The normalized spacial score (nSPS) is 16.4. The Kier molecular flexibility index (Phi) is 7.28. The number of aromatic nitrogens is 3. The quantitative estimate of drug-likeness (QED) is 0.671. The number of aryl methyl sites for hydroxylation is 3. The number of hydrogen-bond donors (Lipinski definition) is 1. The number of nitrogens with zero attached hydrogens (tertiary/aromatic N) is 4. The van der Waals surface area contributed by atoms with Crippen LogP contribution >= 0.6 is 36.2 Å². The number of thiazole rings is 1. The Morgan fingerprint density at radius 1 is 1.32 bits per heavy atom. The van der Waals surface area contributed by atoms with Gasteiger partial charge in [-0.25, -0.2) is 9.97 Å². The Hall–Kier alpha value is -1.87. The molecule has 4 heterocycles. The predicted molar refractivity (Wildman–Crippen MR) is 114 cm³/mol. The van der Waals surface area contributed by atoms with Crippen LogP contribution in [0, 0.1) is 13.8 Å². The molecule has 0 spiro atoms. The van der Waals surface area contributed by atoms with E-state index in [-0.39, 0.29) is 36.8 Å². The van der Waals surface area contributed by atoms with Crippen molar-refractivity contribution in [3.8, 4) is 10.8 Å². The maximum Gasteiger partial charge on any atom is 0.266 e. The molecule has 1 amide bonds. The van der Waals surface area contributed by atoms with Gasteiger partial charge >= 0.3 is 0 Å². The maximum atomic E-state index is 13.3. The minimum absolute atomic E-state index is 0. The molecular formula is C18H23Cl2N5O2S. The molecule has 7 nitrogen and oxygen atoms in total. The van der Waals surface area contributed by atoms with Gasteiger partial charge in [0.1, 0.15) is 22.5 Å². The van der Waals surface area contributed by atoms with E-state index in [1.165, 1.54) is 11.3 Å². The number of furan rings is 1. The Balaban J connectivity index is 0.00000140. The fraction of sp³-hybridized carbons (Fsp3) is 0.389. The summed E-state index contributed by atoms with van der Waals surface area (Å²) in [5, 5.41) is 4.10. The van der Waals surface area contributed by atoms with E-state index in [9.17, 15) is 4.79 Å². The molecule has 3 aromatic rings. The Morgan fingerprint density at radius 2 is 2.11 bits per heavy atom. The van der Waals surface area contributed by atoms with Gasteiger partial charge in [0.25, 0.3) is 5.91 Å². The first-order chi connectivity index (χ1) is 12.5. The van der Waals surface area contributed by atoms with E-state index in [4.69, 9.17) is 4.42 Å². The molecule has 0 radical (unpaired) electrons. The molecule has 3 aromatic heterocycles. The number of carbonyl (C=O) groups is 1. The first-order valence-electron chi connectivity index (χ1n) is 8.57. The summed E-state index contributed by atoms with van der Waals surface area (Å²) in [5.74, 6) is 2.42. The zero-order valence-electron chi connectivity index (χ0n) is 15.8. The van der Waals surface area contributed by atoms with Gasteiger partial charge in [0, 0.05) is 39.1 Å². The molecule has 28 heavy (non-hydrogen) atoms. The molecule has 1 N–H and O–H groups in total. The second kappa shape index (κ2) is 9.09. The van der Waals surface area contributed by atoms with E-state index < -0.39 is 0 Å². The summed E-state index contributed by atoms with van der Waals surface area (Å²) >= 11 is 1.39. The third kappa shape index (κ3) is 4.10. The van der Waals surface area contributed by atoms with Crippen LogP contribution in [0.4, 0.5) is 0 Å². The lowest BCUT2D eigenvalue weighted by Crippen LogP contribution is -2.49. The minimum atomic E-state index is -0.0907. The first-order valence-corrected chi connectivity index (χ1v) is 9.39. The second-order valence-corrected chi connectivity index (χ2v) is 7.46. The van der Waals surface area contributed by atoms with Gasteiger partial charge in [-0.3, -0.25) is 4.79 Å². The van der Waals surface area contributed by atoms with Crippen molar-refractivity contribution in [3.63, 3.8) is 0 Å². The molecule has 4 rings (SSSR count). The molecule has 1 atom stereocenters. The number of amides is 1. The molecule has 152 valence electrons. The molecule has 1 saturated heterocycles. The van der Waals surface area contributed by atoms with Crippen LogP contribution in [0.5, 0.6) is 0 Å². The molecule has 0 aliphatic carbocycles. The van der Waals surface area contributed by atoms with Crippen LogP contribution in [0.3, 0.4) is 0 Å². The molecule has 1 aliphatic heterocycles. The summed E-state index contributed by atoms with van der Waals surface area (Å²) in [6.07, 6.45) is 3.67. The summed E-state index contributed by atoms with van der Waals surface area (Å²) in [4.78, 5) is 24.9. The number of nitrogens with one attached hydrogen (secondary N) is 1. The largest absolute Gasteiger partial charge is 0.459 e. The van der Waals surface area contributed by atoms with Crippen LogP contribution in [0.1, 0.15) is 33.0 Å². The van der Waals surface area contributed by atoms with Gasteiger partial charge in [0.05, 0.1) is 5.69 Å². The van der Waals surface area contributed by atoms with Gasteiger partial charge in [-0.2, -0.15) is 0 Å². The van der Waals surface area contributed by atoms with E-state index in [0.717, 1.165) is 28.8 Å². The van der Waals surface area contributed by atoms with Crippen molar-refractivity contribution in [2.75, 3.05) is 19.6 Å². The highest BCUT2D eigenvalue weighted by Crippen LogP contribution is 2.32.